The molecule has 4 heterocycles. The maximum absolute atomic E-state index is 5.62. The number of hydrogen-bond acceptors (Lipinski definition) is 11. The topological polar surface area (TPSA) is 132 Å². The number of rotatable bonds is 17. The van der Waals surface area contributed by atoms with Crippen molar-refractivity contribution in [1.29, 1.82) is 0 Å². The molecule has 2 N–H and O–H groups in total. The van der Waals surface area contributed by atoms with Crippen molar-refractivity contribution in [2.45, 2.75) is 41.6 Å². The van der Waals surface area contributed by atoms with Crippen LogP contribution in [-0.2, 0) is 24.3 Å². The predicted molar refractivity (Wildman–Crippen MR) is 250 cm³/mol. The summed E-state index contributed by atoms with van der Waals surface area (Å²) in [4.78, 5) is 2.39. The first-order valence-corrected chi connectivity index (χ1v) is 22.8. The molecule has 9 rings (SSSR count). The van der Waals surface area contributed by atoms with E-state index in [4.69, 9.17) is 44.8 Å². The van der Waals surface area contributed by atoms with E-state index < -0.39 is 0 Å². The molecule has 0 saturated heterocycles. The molecule has 17 heteroatoms. The average molecular weight is 892 g/mol. The lowest BCUT2D eigenvalue weighted by molar-refractivity contribution is 0.706. The van der Waals surface area contributed by atoms with Crippen LogP contribution >= 0.6 is 48.0 Å². The first-order valence-electron chi connectivity index (χ1n) is 20.0. The molecule has 0 amide bonds. The Bertz CT molecular complexity index is 2790. The van der Waals surface area contributed by atoms with Crippen molar-refractivity contribution in [2.24, 2.45) is 0 Å². The van der Waals surface area contributed by atoms with Crippen LogP contribution in [0.2, 0.25) is 0 Å². The molecular weight excluding hydrogens is 851 g/mol. The van der Waals surface area contributed by atoms with Gasteiger partial charge in [-0.1, -0.05) is 114 Å². The summed E-state index contributed by atoms with van der Waals surface area (Å²) >= 11 is 14.4. The standard InChI is InChI=1S/C45H41N13S4/c1-32-22-24-33(25-23-32)54(28-26-38-46-52-44(57(38)36-18-10-4-11-19-36)61-30-40-48-50-42(59)55(40)34-14-6-2-7-15-34)29-27-39-47-53-45(58(39)37-20-12-5-13-21-37)62-31-41-49-51-43(60)56(41)35-16-8-3-9-17-35/h2-25H,26-31H2,1H3,(H,50,59)(H,51,60). The van der Waals surface area contributed by atoms with Gasteiger partial charge in [0.25, 0.3) is 0 Å². The number of benzene rings is 5. The Hall–Kier alpha value is -6.40. The summed E-state index contributed by atoms with van der Waals surface area (Å²) < 4.78 is 9.31. The summed E-state index contributed by atoms with van der Waals surface area (Å²) in [6, 6.07) is 49.2. The molecule has 13 nitrogen and oxygen atoms in total. The highest BCUT2D eigenvalue weighted by Gasteiger charge is 2.21. The Balaban J connectivity index is 0.968. The summed E-state index contributed by atoms with van der Waals surface area (Å²) in [5.41, 5.74) is 6.21. The van der Waals surface area contributed by atoms with E-state index in [0.717, 1.165) is 62.0 Å². The fourth-order valence-electron chi connectivity index (χ4n) is 7.18. The number of nitrogens with one attached hydrogen (secondary N) is 2. The Morgan fingerprint density at radius 1 is 0.468 bits per heavy atom. The number of anilines is 1. The van der Waals surface area contributed by atoms with E-state index in [2.05, 4.69) is 89.9 Å². The molecule has 5 aromatic carbocycles. The van der Waals surface area contributed by atoms with Crippen LogP contribution in [0.25, 0.3) is 22.7 Å². The highest BCUT2D eigenvalue weighted by atomic mass is 32.2. The molecule has 9 aromatic rings. The zero-order valence-corrected chi connectivity index (χ0v) is 36.9. The second kappa shape index (κ2) is 19.1. The third-order valence-corrected chi connectivity index (χ3v) is 12.6. The van der Waals surface area contributed by atoms with Crippen molar-refractivity contribution in [3.63, 3.8) is 0 Å². The highest BCUT2D eigenvalue weighted by molar-refractivity contribution is 7.98. The van der Waals surface area contributed by atoms with Crippen LogP contribution in [0, 0.1) is 16.5 Å². The number of nitrogens with zero attached hydrogens (tertiary/aromatic N) is 11. The smallest absolute Gasteiger partial charge is 0.199 e. The van der Waals surface area contributed by atoms with E-state index in [1.807, 2.05) is 106 Å². The molecule has 0 unspecified atom stereocenters. The van der Waals surface area contributed by atoms with Gasteiger partial charge in [0.15, 0.2) is 19.9 Å². The van der Waals surface area contributed by atoms with E-state index in [-0.39, 0.29) is 0 Å². The lowest BCUT2D eigenvalue weighted by atomic mass is 10.2. The molecule has 4 aromatic heterocycles. The van der Waals surface area contributed by atoms with Crippen molar-refractivity contribution in [3.8, 4) is 22.7 Å². The molecule has 0 spiro atoms. The normalized spacial score (nSPS) is 11.3. The van der Waals surface area contributed by atoms with Gasteiger partial charge in [0.05, 0.1) is 11.5 Å². The van der Waals surface area contributed by atoms with Gasteiger partial charge in [0.1, 0.15) is 23.3 Å². The van der Waals surface area contributed by atoms with Crippen LogP contribution in [0.1, 0.15) is 28.9 Å². The van der Waals surface area contributed by atoms with Crippen LogP contribution in [0.5, 0.6) is 0 Å². The number of hydrogen-bond donors (Lipinski definition) is 2. The predicted octanol–water partition coefficient (Wildman–Crippen LogP) is 9.52. The zero-order chi connectivity index (χ0) is 42.3. The quantitative estimate of drug-likeness (QED) is 0.0670. The Labute approximate surface area is 376 Å². The van der Waals surface area contributed by atoms with Crippen LogP contribution in [0.15, 0.2) is 156 Å². The van der Waals surface area contributed by atoms with Crippen LogP contribution in [0.4, 0.5) is 5.69 Å². The largest absolute Gasteiger partial charge is 0.371 e. The zero-order valence-electron chi connectivity index (χ0n) is 33.7. The fraction of sp³-hybridized carbons (Fsp3) is 0.156. The minimum atomic E-state index is 0.536. The maximum Gasteiger partial charge on any atom is 0.199 e. The van der Waals surface area contributed by atoms with Gasteiger partial charge in [0.2, 0.25) is 0 Å². The van der Waals surface area contributed by atoms with Crippen LogP contribution < -0.4 is 4.90 Å². The molecule has 310 valence electrons. The van der Waals surface area contributed by atoms with Crippen molar-refractivity contribution < 1.29 is 0 Å². The Morgan fingerprint density at radius 2 is 0.839 bits per heavy atom. The van der Waals surface area contributed by atoms with Gasteiger partial charge in [0, 0.05) is 54.4 Å². The summed E-state index contributed by atoms with van der Waals surface area (Å²) in [5, 5.41) is 35.6. The van der Waals surface area contributed by atoms with E-state index in [0.29, 0.717) is 47.0 Å². The Kier molecular flexibility index (Phi) is 12.6. The number of aromatic amines is 2. The third kappa shape index (κ3) is 9.11. The van der Waals surface area contributed by atoms with Gasteiger partial charge in [-0.2, -0.15) is 10.2 Å². The van der Waals surface area contributed by atoms with Gasteiger partial charge >= 0.3 is 0 Å². The lowest BCUT2D eigenvalue weighted by Crippen LogP contribution is -2.29. The molecule has 0 aliphatic carbocycles. The van der Waals surface area contributed by atoms with Crippen LogP contribution in [0.3, 0.4) is 0 Å². The van der Waals surface area contributed by atoms with Crippen molar-refractivity contribution in [1.82, 2.24) is 59.1 Å². The Morgan fingerprint density at radius 3 is 1.23 bits per heavy atom. The molecule has 0 saturated carbocycles. The minimum absolute atomic E-state index is 0.536. The van der Waals surface area contributed by atoms with Gasteiger partial charge in [-0.3, -0.25) is 28.5 Å². The van der Waals surface area contributed by atoms with E-state index in [9.17, 15) is 0 Å². The number of thioether (sulfide) groups is 2. The lowest BCUT2D eigenvalue weighted by Gasteiger charge is -2.25. The summed E-state index contributed by atoms with van der Waals surface area (Å²) in [6.45, 7) is 3.49. The van der Waals surface area contributed by atoms with E-state index >= 15 is 0 Å². The van der Waals surface area contributed by atoms with Gasteiger partial charge in [-0.15, -0.1) is 20.4 Å². The van der Waals surface area contributed by atoms with Crippen molar-refractivity contribution >= 4 is 53.6 Å². The fourth-order valence-corrected chi connectivity index (χ4v) is 9.47. The first-order chi connectivity index (χ1) is 30.5. The highest BCUT2D eigenvalue weighted by Crippen LogP contribution is 2.29. The number of H-pyrrole nitrogens is 2. The second-order valence-electron chi connectivity index (χ2n) is 14.3. The molecular formula is C45H41N13S4. The van der Waals surface area contributed by atoms with Crippen LogP contribution in [-0.4, -0.2) is 72.1 Å². The molecule has 0 atom stereocenters. The molecule has 0 fully saturated rings. The summed E-state index contributed by atoms with van der Waals surface area (Å²) in [7, 11) is 0. The average Bonchev–Trinajstić information content (AvgIpc) is 4.11. The van der Waals surface area contributed by atoms with Gasteiger partial charge < -0.3 is 4.90 Å². The van der Waals surface area contributed by atoms with E-state index in [1.54, 1.807) is 23.5 Å². The SMILES string of the molecule is Cc1ccc(N(CCc2nnc(SCc3n[nH]c(=S)n3-c3ccccc3)n2-c2ccccc2)CCc2nnc(SCc3n[nH]c(=S)n3-c3ccccc3)n2-c2ccccc2)cc1. The number of para-hydroxylation sites is 4. The number of aromatic nitrogens is 12. The minimum Gasteiger partial charge on any atom is -0.371 e. The molecule has 0 radical (unpaired) electrons. The molecule has 62 heavy (non-hydrogen) atoms. The van der Waals surface area contributed by atoms with Gasteiger partial charge in [-0.25, -0.2) is 0 Å². The maximum atomic E-state index is 5.62. The molecule has 0 bridgehead atoms. The molecule has 0 aliphatic rings. The van der Waals surface area contributed by atoms with E-state index in [1.165, 1.54) is 5.56 Å². The third-order valence-electron chi connectivity index (χ3n) is 10.2. The van der Waals surface area contributed by atoms with Gasteiger partial charge in [-0.05, 0) is 92.0 Å². The first kappa shape index (κ1) is 41.0. The monoisotopic (exact) mass is 891 g/mol. The molecule has 0 aliphatic heterocycles. The number of aryl methyl sites for hydroxylation is 1. The summed E-state index contributed by atoms with van der Waals surface area (Å²) in [5.74, 6) is 4.39. The second-order valence-corrected chi connectivity index (χ2v) is 16.9. The van der Waals surface area contributed by atoms with Crippen molar-refractivity contribution in [2.75, 3.05) is 18.0 Å². The summed E-state index contributed by atoms with van der Waals surface area (Å²) in [6.07, 6.45) is 1.28. The van der Waals surface area contributed by atoms with Crippen molar-refractivity contribution in [3.05, 3.63) is 184 Å².